The first kappa shape index (κ1) is 8.53. The molecule has 1 rings (SSSR count). The number of benzene rings is 1. The number of hydrogen-bond donors (Lipinski definition) is 2. The van der Waals surface area contributed by atoms with Gasteiger partial charge in [0.2, 0.25) is 0 Å². The second-order valence-corrected chi connectivity index (χ2v) is 2.79. The zero-order valence-electron chi connectivity index (χ0n) is 6.08. The van der Waals surface area contributed by atoms with Crippen molar-refractivity contribution >= 4 is 11.6 Å². The summed E-state index contributed by atoms with van der Waals surface area (Å²) >= 11 is 5.74. The first-order chi connectivity index (χ1) is 5.11. The van der Waals surface area contributed by atoms with Crippen LogP contribution in [0.4, 0.5) is 0 Å². The van der Waals surface area contributed by atoms with Crippen LogP contribution in [0.3, 0.4) is 0 Å². The van der Waals surface area contributed by atoms with Crippen molar-refractivity contribution < 1.29 is 10.2 Å². The molecule has 0 aliphatic heterocycles. The highest BCUT2D eigenvalue weighted by molar-refractivity contribution is 6.31. The Labute approximate surface area is 70.1 Å². The minimum atomic E-state index is -1.44. The fourth-order valence-electron chi connectivity index (χ4n) is 0.770. The summed E-state index contributed by atoms with van der Waals surface area (Å²) in [6.45, 7) is 1.86. The smallest absolute Gasteiger partial charge is 0.178 e. The molecule has 0 heterocycles. The van der Waals surface area contributed by atoms with Gasteiger partial charge in [-0.25, -0.2) is 0 Å². The third kappa shape index (κ3) is 1.93. The normalized spacial score (nSPS) is 10.6. The minimum Gasteiger partial charge on any atom is -0.364 e. The van der Waals surface area contributed by atoms with Gasteiger partial charge < -0.3 is 10.2 Å². The van der Waals surface area contributed by atoms with Crippen molar-refractivity contribution in [1.82, 2.24) is 0 Å². The highest BCUT2D eigenvalue weighted by Crippen LogP contribution is 2.19. The molecule has 2 N–H and O–H groups in total. The molecule has 0 amide bonds. The molecule has 0 radical (unpaired) electrons. The average molecular weight is 173 g/mol. The van der Waals surface area contributed by atoms with E-state index in [1.165, 1.54) is 0 Å². The van der Waals surface area contributed by atoms with E-state index in [4.69, 9.17) is 21.8 Å². The van der Waals surface area contributed by atoms with E-state index in [2.05, 4.69) is 0 Å². The number of aliphatic hydroxyl groups excluding tert-OH is 1. The van der Waals surface area contributed by atoms with Crippen LogP contribution in [0.1, 0.15) is 17.4 Å². The predicted octanol–water partition coefficient (Wildman–Crippen LogP) is 1.63. The molecule has 0 atom stereocenters. The van der Waals surface area contributed by atoms with E-state index in [-0.39, 0.29) is 0 Å². The molecule has 0 fully saturated rings. The summed E-state index contributed by atoms with van der Waals surface area (Å²) in [5, 5.41) is 18.0. The fourth-order valence-corrected chi connectivity index (χ4v) is 0.959. The van der Waals surface area contributed by atoms with Crippen molar-refractivity contribution in [2.75, 3.05) is 0 Å². The van der Waals surface area contributed by atoms with Crippen LogP contribution in [0.15, 0.2) is 18.2 Å². The van der Waals surface area contributed by atoms with Gasteiger partial charge in [-0.1, -0.05) is 23.7 Å². The van der Waals surface area contributed by atoms with Crippen LogP contribution < -0.4 is 0 Å². The summed E-state index contributed by atoms with van der Waals surface area (Å²) in [4.78, 5) is 0. The van der Waals surface area contributed by atoms with Crippen LogP contribution >= 0.6 is 11.6 Å². The zero-order valence-corrected chi connectivity index (χ0v) is 6.84. The van der Waals surface area contributed by atoms with Crippen molar-refractivity contribution in [2.45, 2.75) is 13.2 Å². The van der Waals surface area contributed by atoms with Gasteiger partial charge in [0.15, 0.2) is 6.29 Å². The molecule has 0 spiro atoms. The van der Waals surface area contributed by atoms with Crippen LogP contribution in [-0.2, 0) is 0 Å². The van der Waals surface area contributed by atoms with Crippen molar-refractivity contribution in [3.05, 3.63) is 34.3 Å². The average Bonchev–Trinajstić information content (AvgIpc) is 1.94. The summed E-state index contributed by atoms with van der Waals surface area (Å²) in [6, 6.07) is 4.92. The summed E-state index contributed by atoms with van der Waals surface area (Å²) in [5.41, 5.74) is 1.34. The lowest BCUT2D eigenvalue weighted by molar-refractivity contribution is -0.0424. The summed E-state index contributed by atoms with van der Waals surface area (Å²) < 4.78 is 0. The van der Waals surface area contributed by atoms with Crippen LogP contribution in [0.2, 0.25) is 5.02 Å². The van der Waals surface area contributed by atoms with Gasteiger partial charge in [0, 0.05) is 10.6 Å². The van der Waals surface area contributed by atoms with E-state index in [1.807, 2.05) is 6.92 Å². The fraction of sp³-hybridized carbons (Fsp3) is 0.250. The second kappa shape index (κ2) is 3.22. The molecule has 1 aromatic rings. The Bertz CT molecular complexity index is 258. The molecule has 0 aliphatic carbocycles. The van der Waals surface area contributed by atoms with Gasteiger partial charge >= 0.3 is 0 Å². The minimum absolute atomic E-state index is 0.417. The van der Waals surface area contributed by atoms with Crippen LogP contribution in [-0.4, -0.2) is 10.2 Å². The lowest BCUT2D eigenvalue weighted by Crippen LogP contribution is -1.94. The monoisotopic (exact) mass is 172 g/mol. The molecule has 0 bridgehead atoms. The lowest BCUT2D eigenvalue weighted by Gasteiger charge is -2.04. The van der Waals surface area contributed by atoms with E-state index in [0.717, 1.165) is 5.56 Å². The standard InChI is InChI=1S/C8H9ClO2/c1-5-2-3-6(8(10)11)4-7(5)9/h2-4,8,10-11H,1H3. The molecule has 0 saturated carbocycles. The Balaban J connectivity index is 3.05. The molecular weight excluding hydrogens is 164 g/mol. The van der Waals surface area contributed by atoms with Gasteiger partial charge in [0.25, 0.3) is 0 Å². The maximum atomic E-state index is 8.74. The van der Waals surface area contributed by atoms with Crippen molar-refractivity contribution in [3.8, 4) is 0 Å². The van der Waals surface area contributed by atoms with Gasteiger partial charge in [0.05, 0.1) is 0 Å². The molecular formula is C8H9ClO2. The topological polar surface area (TPSA) is 40.5 Å². The van der Waals surface area contributed by atoms with Crippen LogP contribution in [0.25, 0.3) is 0 Å². The number of aliphatic hydroxyl groups is 2. The van der Waals surface area contributed by atoms with Crippen LogP contribution in [0.5, 0.6) is 0 Å². The molecule has 0 aromatic heterocycles. The number of halogens is 1. The van der Waals surface area contributed by atoms with Gasteiger partial charge in [-0.3, -0.25) is 0 Å². The summed E-state index contributed by atoms with van der Waals surface area (Å²) in [7, 11) is 0. The summed E-state index contributed by atoms with van der Waals surface area (Å²) in [5.74, 6) is 0. The van der Waals surface area contributed by atoms with Crippen molar-refractivity contribution in [2.24, 2.45) is 0 Å². The largest absolute Gasteiger partial charge is 0.364 e. The zero-order chi connectivity index (χ0) is 8.43. The molecule has 0 saturated heterocycles. The SMILES string of the molecule is Cc1ccc(C(O)O)cc1Cl. The van der Waals surface area contributed by atoms with E-state index in [1.54, 1.807) is 18.2 Å². The van der Waals surface area contributed by atoms with E-state index in [0.29, 0.717) is 10.6 Å². The molecule has 60 valence electrons. The van der Waals surface area contributed by atoms with Crippen LogP contribution in [0, 0.1) is 6.92 Å². The van der Waals surface area contributed by atoms with Crippen molar-refractivity contribution in [3.63, 3.8) is 0 Å². The molecule has 0 unspecified atom stereocenters. The molecule has 2 nitrogen and oxygen atoms in total. The first-order valence-corrected chi connectivity index (χ1v) is 3.61. The third-order valence-corrected chi connectivity index (χ3v) is 1.90. The lowest BCUT2D eigenvalue weighted by atomic mass is 10.1. The molecule has 0 aliphatic rings. The Kier molecular flexibility index (Phi) is 2.49. The summed E-state index contributed by atoms with van der Waals surface area (Å²) in [6.07, 6.45) is -1.44. The first-order valence-electron chi connectivity index (χ1n) is 3.23. The molecule has 3 heteroatoms. The van der Waals surface area contributed by atoms with E-state index in [9.17, 15) is 0 Å². The molecule has 11 heavy (non-hydrogen) atoms. The van der Waals surface area contributed by atoms with E-state index < -0.39 is 6.29 Å². The van der Waals surface area contributed by atoms with Crippen molar-refractivity contribution in [1.29, 1.82) is 0 Å². The van der Waals surface area contributed by atoms with Gasteiger partial charge in [-0.2, -0.15) is 0 Å². The predicted molar refractivity (Wildman–Crippen MR) is 43.4 cm³/mol. The Morgan fingerprint density at radius 3 is 2.45 bits per heavy atom. The van der Waals surface area contributed by atoms with E-state index >= 15 is 0 Å². The Morgan fingerprint density at radius 1 is 1.36 bits per heavy atom. The number of aryl methyl sites for hydroxylation is 1. The maximum Gasteiger partial charge on any atom is 0.178 e. The quantitative estimate of drug-likeness (QED) is 0.633. The Hall–Kier alpha value is -0.570. The Morgan fingerprint density at radius 2 is 2.00 bits per heavy atom. The third-order valence-electron chi connectivity index (χ3n) is 1.49. The molecule has 1 aromatic carbocycles. The van der Waals surface area contributed by atoms with Gasteiger partial charge in [-0.15, -0.1) is 0 Å². The van der Waals surface area contributed by atoms with Gasteiger partial charge in [-0.05, 0) is 18.6 Å². The second-order valence-electron chi connectivity index (χ2n) is 2.38. The number of hydrogen-bond acceptors (Lipinski definition) is 2. The number of rotatable bonds is 1. The highest BCUT2D eigenvalue weighted by Gasteiger charge is 2.03. The maximum absolute atomic E-state index is 8.74. The highest BCUT2D eigenvalue weighted by atomic mass is 35.5. The van der Waals surface area contributed by atoms with Gasteiger partial charge in [0.1, 0.15) is 0 Å².